The fourth-order valence-corrected chi connectivity index (χ4v) is 4.24. The molecule has 35 heavy (non-hydrogen) atoms. The van der Waals surface area contributed by atoms with Gasteiger partial charge in [0.25, 0.3) is 11.5 Å². The minimum Gasteiger partial charge on any atom is -0.350 e. The Morgan fingerprint density at radius 2 is 1.94 bits per heavy atom. The second kappa shape index (κ2) is 9.87. The molecule has 2 heterocycles. The van der Waals surface area contributed by atoms with Crippen LogP contribution in [-0.2, 0) is 11.8 Å². The van der Waals surface area contributed by atoms with Crippen molar-refractivity contribution < 1.29 is 14.0 Å². The number of carbonyl (C=O) groups is 2. The molecule has 9 nitrogen and oxygen atoms in total. The molecule has 0 aliphatic rings. The molecule has 0 saturated carbocycles. The molecule has 0 fully saturated rings. The molecule has 2 aromatic heterocycles. The van der Waals surface area contributed by atoms with E-state index in [4.69, 9.17) is 0 Å². The van der Waals surface area contributed by atoms with Crippen molar-refractivity contribution in [3.05, 3.63) is 63.7 Å². The minimum absolute atomic E-state index is 0.00315. The number of anilines is 1. The number of thioether (sulfide) groups is 1. The van der Waals surface area contributed by atoms with Gasteiger partial charge in [0.15, 0.2) is 5.16 Å². The molecule has 2 N–H and O–H groups in total. The molecule has 2 aromatic carbocycles. The van der Waals surface area contributed by atoms with Crippen LogP contribution in [0.5, 0.6) is 0 Å². The molecule has 0 bridgehead atoms. The first-order chi connectivity index (χ1) is 16.7. The van der Waals surface area contributed by atoms with E-state index in [1.807, 2.05) is 13.8 Å². The predicted octanol–water partition coefficient (Wildman–Crippen LogP) is 3.29. The number of nitrogens with zero attached hydrogens (tertiary/aromatic N) is 4. The van der Waals surface area contributed by atoms with Crippen LogP contribution in [0.4, 0.5) is 10.1 Å². The van der Waals surface area contributed by atoms with Crippen LogP contribution >= 0.6 is 11.8 Å². The minimum atomic E-state index is -0.403. The number of fused-ring (bicyclic) bond motifs is 3. The fraction of sp³-hybridized carbons (Fsp3) is 0.292. The van der Waals surface area contributed by atoms with Crippen molar-refractivity contribution in [2.45, 2.75) is 38.4 Å². The van der Waals surface area contributed by atoms with E-state index in [1.165, 1.54) is 10.6 Å². The summed E-state index contributed by atoms with van der Waals surface area (Å²) in [5, 5.41) is 14.6. The van der Waals surface area contributed by atoms with Gasteiger partial charge in [-0.1, -0.05) is 24.8 Å². The number of nitrogens with one attached hydrogen (secondary N) is 2. The summed E-state index contributed by atoms with van der Waals surface area (Å²) in [6.45, 7) is 5.53. The van der Waals surface area contributed by atoms with Crippen LogP contribution < -0.4 is 16.2 Å². The Morgan fingerprint density at radius 3 is 2.66 bits per heavy atom. The van der Waals surface area contributed by atoms with Gasteiger partial charge in [0.1, 0.15) is 5.82 Å². The molecule has 0 spiro atoms. The Hall–Kier alpha value is -3.73. The topological polar surface area (TPSA) is 110 Å². The highest BCUT2D eigenvalue weighted by atomic mass is 32.2. The van der Waals surface area contributed by atoms with Gasteiger partial charge >= 0.3 is 0 Å². The molecule has 4 aromatic rings. The lowest BCUT2D eigenvalue weighted by atomic mass is 10.1. The second-order valence-electron chi connectivity index (χ2n) is 8.30. The molecule has 4 rings (SSSR count). The third-order valence-corrected chi connectivity index (χ3v) is 6.66. The Labute approximate surface area is 204 Å². The van der Waals surface area contributed by atoms with Gasteiger partial charge in [-0.3, -0.25) is 23.4 Å². The average Bonchev–Trinajstić information content (AvgIpc) is 3.27. The zero-order chi connectivity index (χ0) is 25.3. The molecule has 0 radical (unpaired) electrons. The maximum atomic E-state index is 13.8. The summed E-state index contributed by atoms with van der Waals surface area (Å²) < 4.78 is 16.8. The standard InChI is InChI=1S/C24H25FN6O3S/c1-5-14(3)26-21(33)15-7-9-17-19(10-15)31-23(30(4)22(17)34)28-29-24(31)35-12-20(32)27-16-8-6-13(2)18(25)11-16/h6-11,14H,5,12H2,1-4H3,(H,26,33)(H,27,32). The first-order valence-corrected chi connectivity index (χ1v) is 12.1. The molecule has 0 aliphatic heterocycles. The number of amides is 2. The van der Waals surface area contributed by atoms with E-state index in [2.05, 4.69) is 20.8 Å². The van der Waals surface area contributed by atoms with E-state index < -0.39 is 5.82 Å². The summed E-state index contributed by atoms with van der Waals surface area (Å²) in [6, 6.07) is 9.33. The molecule has 182 valence electrons. The lowest BCUT2D eigenvalue weighted by Gasteiger charge is -2.13. The van der Waals surface area contributed by atoms with Gasteiger partial charge in [-0.15, -0.1) is 10.2 Å². The van der Waals surface area contributed by atoms with Crippen molar-refractivity contribution in [2.75, 3.05) is 11.1 Å². The number of aryl methyl sites for hydroxylation is 2. The Kier molecular flexibility index (Phi) is 6.88. The maximum absolute atomic E-state index is 13.8. The van der Waals surface area contributed by atoms with Crippen LogP contribution in [0.1, 0.15) is 36.2 Å². The van der Waals surface area contributed by atoms with Crippen molar-refractivity contribution in [1.82, 2.24) is 24.5 Å². The summed E-state index contributed by atoms with van der Waals surface area (Å²) in [7, 11) is 1.59. The number of hydrogen-bond acceptors (Lipinski definition) is 6. The zero-order valence-electron chi connectivity index (χ0n) is 19.8. The summed E-state index contributed by atoms with van der Waals surface area (Å²) in [5.74, 6) is -0.737. The second-order valence-corrected chi connectivity index (χ2v) is 9.24. The smallest absolute Gasteiger partial charge is 0.262 e. The van der Waals surface area contributed by atoms with Crippen LogP contribution in [0.2, 0.25) is 0 Å². The lowest BCUT2D eigenvalue weighted by Crippen LogP contribution is -2.32. The average molecular weight is 497 g/mol. The van der Waals surface area contributed by atoms with Crippen molar-refractivity contribution in [2.24, 2.45) is 7.05 Å². The highest BCUT2D eigenvalue weighted by molar-refractivity contribution is 7.99. The number of halogens is 1. The first-order valence-electron chi connectivity index (χ1n) is 11.1. The SMILES string of the molecule is CCC(C)NC(=O)c1ccc2c(=O)n(C)c3nnc(SCC(=O)Nc4ccc(C)c(F)c4)n3c2c1. The monoisotopic (exact) mass is 496 g/mol. The van der Waals surface area contributed by atoms with Crippen LogP contribution in [-0.4, -0.2) is 42.8 Å². The summed E-state index contributed by atoms with van der Waals surface area (Å²) >= 11 is 1.12. The third kappa shape index (κ3) is 4.90. The largest absolute Gasteiger partial charge is 0.350 e. The highest BCUT2D eigenvalue weighted by Gasteiger charge is 2.18. The van der Waals surface area contributed by atoms with E-state index in [0.717, 1.165) is 18.2 Å². The van der Waals surface area contributed by atoms with Crippen molar-refractivity contribution in [3.8, 4) is 0 Å². The first kappa shape index (κ1) is 24.4. The Bertz CT molecular complexity index is 1510. The molecule has 1 atom stereocenters. The number of rotatable bonds is 7. The summed E-state index contributed by atoms with van der Waals surface area (Å²) in [6.07, 6.45) is 0.785. The molecular weight excluding hydrogens is 471 g/mol. The van der Waals surface area contributed by atoms with Crippen molar-refractivity contribution in [3.63, 3.8) is 0 Å². The van der Waals surface area contributed by atoms with Gasteiger partial charge in [-0.25, -0.2) is 4.39 Å². The quantitative estimate of drug-likeness (QED) is 0.380. The fourth-order valence-electron chi connectivity index (χ4n) is 3.50. The number of carbonyl (C=O) groups excluding carboxylic acids is 2. The van der Waals surface area contributed by atoms with E-state index in [1.54, 1.807) is 48.7 Å². The molecule has 11 heteroatoms. The highest BCUT2D eigenvalue weighted by Crippen LogP contribution is 2.23. The van der Waals surface area contributed by atoms with E-state index in [0.29, 0.717) is 32.9 Å². The van der Waals surface area contributed by atoms with Gasteiger partial charge in [0, 0.05) is 24.3 Å². The van der Waals surface area contributed by atoms with E-state index in [9.17, 15) is 18.8 Å². The van der Waals surface area contributed by atoms with Crippen molar-refractivity contribution >= 4 is 45.9 Å². The van der Waals surface area contributed by atoms with Gasteiger partial charge in [-0.05, 0) is 56.2 Å². The number of benzene rings is 2. The lowest BCUT2D eigenvalue weighted by molar-refractivity contribution is -0.113. The van der Waals surface area contributed by atoms with Crippen LogP contribution in [0.3, 0.4) is 0 Å². The molecule has 0 saturated heterocycles. The van der Waals surface area contributed by atoms with E-state index >= 15 is 0 Å². The van der Waals surface area contributed by atoms with Gasteiger partial charge in [-0.2, -0.15) is 0 Å². The van der Waals surface area contributed by atoms with Gasteiger partial charge in [0.05, 0.1) is 16.7 Å². The predicted molar refractivity (Wildman–Crippen MR) is 133 cm³/mol. The number of aromatic nitrogens is 4. The van der Waals surface area contributed by atoms with Crippen molar-refractivity contribution in [1.29, 1.82) is 0 Å². The maximum Gasteiger partial charge on any atom is 0.262 e. The molecule has 1 unspecified atom stereocenters. The van der Waals surface area contributed by atoms with Crippen LogP contribution in [0.25, 0.3) is 16.7 Å². The van der Waals surface area contributed by atoms with Gasteiger partial charge < -0.3 is 10.6 Å². The number of hydrogen-bond donors (Lipinski definition) is 2. The molecule has 2 amide bonds. The van der Waals surface area contributed by atoms with Gasteiger partial charge in [0.2, 0.25) is 11.7 Å². The third-order valence-electron chi connectivity index (χ3n) is 5.73. The zero-order valence-corrected chi connectivity index (χ0v) is 20.6. The Morgan fingerprint density at radius 1 is 1.17 bits per heavy atom. The van der Waals surface area contributed by atoms with Crippen LogP contribution in [0.15, 0.2) is 46.3 Å². The Balaban J connectivity index is 1.66. The normalized spacial score (nSPS) is 12.1. The van der Waals surface area contributed by atoms with Crippen LogP contribution in [0, 0.1) is 12.7 Å². The molecular formula is C24H25FN6O3S. The van der Waals surface area contributed by atoms with E-state index in [-0.39, 0.29) is 34.9 Å². The summed E-state index contributed by atoms with van der Waals surface area (Å²) in [5.41, 5.74) is 1.44. The summed E-state index contributed by atoms with van der Waals surface area (Å²) in [4.78, 5) is 38.0. The molecule has 0 aliphatic carbocycles.